The summed E-state index contributed by atoms with van der Waals surface area (Å²) in [4.78, 5) is 12.8. The first-order valence-electron chi connectivity index (χ1n) is 7.72. The monoisotopic (exact) mass is 351 g/mol. The molecule has 0 bridgehead atoms. The molecule has 3 aromatic rings. The van der Waals surface area contributed by atoms with Crippen molar-refractivity contribution in [1.82, 2.24) is 0 Å². The second-order valence-electron chi connectivity index (χ2n) is 5.42. The van der Waals surface area contributed by atoms with E-state index in [0.717, 1.165) is 11.1 Å². The Labute approximate surface area is 150 Å². The smallest absolute Gasteiger partial charge is 0.256 e. The molecule has 3 aromatic carbocycles. The standard InChI is InChI=1S/C21H15ClFNO/c22-19-14-17(11-12-20(19)23)24-21(25)18(16-9-5-2-6-10-16)13-15-7-3-1-4-8-15/h1-14H,(H,24,25). The molecule has 0 saturated heterocycles. The van der Waals surface area contributed by atoms with Gasteiger partial charge >= 0.3 is 0 Å². The van der Waals surface area contributed by atoms with Gasteiger partial charge in [0.2, 0.25) is 0 Å². The van der Waals surface area contributed by atoms with Gasteiger partial charge in [-0.1, -0.05) is 72.3 Å². The predicted molar refractivity (Wildman–Crippen MR) is 101 cm³/mol. The van der Waals surface area contributed by atoms with Gasteiger partial charge < -0.3 is 5.32 Å². The fraction of sp³-hybridized carbons (Fsp3) is 0. The van der Waals surface area contributed by atoms with E-state index in [9.17, 15) is 9.18 Å². The van der Waals surface area contributed by atoms with Gasteiger partial charge in [-0.05, 0) is 35.4 Å². The number of carbonyl (C=O) groups is 1. The van der Waals surface area contributed by atoms with Crippen molar-refractivity contribution in [2.75, 3.05) is 5.32 Å². The quantitative estimate of drug-likeness (QED) is 0.477. The lowest BCUT2D eigenvalue weighted by molar-refractivity contribution is -0.111. The summed E-state index contributed by atoms with van der Waals surface area (Å²) in [6.45, 7) is 0. The topological polar surface area (TPSA) is 29.1 Å². The maximum atomic E-state index is 13.3. The van der Waals surface area contributed by atoms with Crippen LogP contribution >= 0.6 is 11.6 Å². The van der Waals surface area contributed by atoms with Gasteiger partial charge in [0.25, 0.3) is 5.91 Å². The van der Waals surface area contributed by atoms with Gasteiger partial charge in [0.15, 0.2) is 0 Å². The number of hydrogen-bond acceptors (Lipinski definition) is 1. The van der Waals surface area contributed by atoms with Crippen LogP contribution in [0.4, 0.5) is 10.1 Å². The lowest BCUT2D eigenvalue weighted by atomic mass is 10.0. The zero-order valence-electron chi connectivity index (χ0n) is 13.2. The fourth-order valence-electron chi connectivity index (χ4n) is 2.39. The van der Waals surface area contributed by atoms with Crippen molar-refractivity contribution in [1.29, 1.82) is 0 Å². The highest BCUT2D eigenvalue weighted by Gasteiger charge is 2.13. The zero-order chi connectivity index (χ0) is 17.6. The normalized spacial score (nSPS) is 11.2. The molecule has 0 heterocycles. The van der Waals surface area contributed by atoms with E-state index >= 15 is 0 Å². The third kappa shape index (κ3) is 4.34. The molecule has 3 rings (SSSR count). The number of halogens is 2. The van der Waals surface area contributed by atoms with E-state index in [1.807, 2.05) is 66.7 Å². The van der Waals surface area contributed by atoms with E-state index in [1.54, 1.807) is 0 Å². The minimum Gasteiger partial charge on any atom is -0.322 e. The molecular weight excluding hydrogens is 337 g/mol. The Morgan fingerprint density at radius 2 is 1.56 bits per heavy atom. The summed E-state index contributed by atoms with van der Waals surface area (Å²) in [5.41, 5.74) is 2.64. The molecule has 0 unspecified atom stereocenters. The molecule has 0 spiro atoms. The first-order valence-corrected chi connectivity index (χ1v) is 8.10. The molecule has 2 nitrogen and oxygen atoms in total. The lowest BCUT2D eigenvalue weighted by Crippen LogP contribution is -2.13. The number of hydrogen-bond donors (Lipinski definition) is 1. The third-order valence-corrected chi connectivity index (χ3v) is 3.91. The number of benzene rings is 3. The molecule has 0 aliphatic carbocycles. The number of rotatable bonds is 4. The molecule has 0 radical (unpaired) electrons. The number of anilines is 1. The second kappa shape index (κ2) is 7.77. The van der Waals surface area contributed by atoms with E-state index in [0.29, 0.717) is 11.3 Å². The van der Waals surface area contributed by atoms with Crippen molar-refractivity contribution in [2.24, 2.45) is 0 Å². The maximum absolute atomic E-state index is 13.3. The first kappa shape index (κ1) is 16.9. The molecular formula is C21H15ClFNO. The highest BCUT2D eigenvalue weighted by Crippen LogP contribution is 2.23. The van der Waals surface area contributed by atoms with Crippen LogP contribution in [0.15, 0.2) is 78.9 Å². The minimum atomic E-state index is -0.525. The maximum Gasteiger partial charge on any atom is 0.256 e. The van der Waals surface area contributed by atoms with E-state index in [4.69, 9.17) is 11.6 Å². The van der Waals surface area contributed by atoms with E-state index in [2.05, 4.69) is 5.32 Å². The van der Waals surface area contributed by atoms with Crippen LogP contribution in [-0.2, 0) is 4.79 Å². The van der Waals surface area contributed by atoms with Crippen LogP contribution in [0.25, 0.3) is 11.6 Å². The molecule has 0 atom stereocenters. The predicted octanol–water partition coefficient (Wildman–Crippen LogP) is 5.66. The molecule has 1 N–H and O–H groups in total. The summed E-state index contributed by atoms with van der Waals surface area (Å²) in [5.74, 6) is -0.819. The zero-order valence-corrected chi connectivity index (χ0v) is 14.0. The van der Waals surface area contributed by atoms with Crippen LogP contribution in [0.2, 0.25) is 5.02 Å². The highest BCUT2D eigenvalue weighted by atomic mass is 35.5. The van der Waals surface area contributed by atoms with Crippen LogP contribution in [0.1, 0.15) is 11.1 Å². The SMILES string of the molecule is O=C(Nc1ccc(F)c(Cl)c1)C(=Cc1ccccc1)c1ccccc1. The molecule has 0 saturated carbocycles. The van der Waals surface area contributed by atoms with Crippen LogP contribution in [0, 0.1) is 5.82 Å². The van der Waals surface area contributed by atoms with E-state index in [-0.39, 0.29) is 10.9 Å². The molecule has 0 aromatic heterocycles. The Kier molecular flexibility index (Phi) is 5.26. The van der Waals surface area contributed by atoms with Gasteiger partial charge in [-0.15, -0.1) is 0 Å². The van der Waals surface area contributed by atoms with Crippen molar-refractivity contribution >= 4 is 34.8 Å². The van der Waals surface area contributed by atoms with Crippen molar-refractivity contribution in [3.05, 3.63) is 101 Å². The summed E-state index contributed by atoms with van der Waals surface area (Å²) in [5, 5.41) is 2.73. The van der Waals surface area contributed by atoms with Crippen LogP contribution < -0.4 is 5.32 Å². The highest BCUT2D eigenvalue weighted by molar-refractivity contribution is 6.32. The summed E-state index contributed by atoms with van der Waals surface area (Å²) >= 11 is 5.78. The van der Waals surface area contributed by atoms with Gasteiger partial charge in [-0.3, -0.25) is 4.79 Å². The van der Waals surface area contributed by atoms with Crippen LogP contribution in [0.5, 0.6) is 0 Å². The Morgan fingerprint density at radius 3 is 2.20 bits per heavy atom. The van der Waals surface area contributed by atoms with Crippen LogP contribution in [-0.4, -0.2) is 5.91 Å². The molecule has 4 heteroatoms. The average molecular weight is 352 g/mol. The van der Waals surface area contributed by atoms with Gasteiger partial charge in [0.05, 0.1) is 5.02 Å². The van der Waals surface area contributed by atoms with Gasteiger partial charge in [0, 0.05) is 11.3 Å². The number of nitrogens with one attached hydrogen (secondary N) is 1. The Bertz CT molecular complexity index is 908. The van der Waals surface area contributed by atoms with Gasteiger partial charge in [-0.25, -0.2) is 4.39 Å². The van der Waals surface area contributed by atoms with Crippen LogP contribution in [0.3, 0.4) is 0 Å². The lowest BCUT2D eigenvalue weighted by Gasteiger charge is -2.10. The molecule has 0 aliphatic heterocycles. The molecule has 124 valence electrons. The second-order valence-corrected chi connectivity index (χ2v) is 5.82. The van der Waals surface area contributed by atoms with Gasteiger partial charge in [0.1, 0.15) is 5.82 Å². The average Bonchev–Trinajstić information content (AvgIpc) is 2.64. The summed E-state index contributed by atoms with van der Waals surface area (Å²) in [6, 6.07) is 23.0. The van der Waals surface area contributed by atoms with Crippen molar-refractivity contribution in [3.8, 4) is 0 Å². The first-order chi connectivity index (χ1) is 12.1. The van der Waals surface area contributed by atoms with E-state index < -0.39 is 5.82 Å². The summed E-state index contributed by atoms with van der Waals surface area (Å²) < 4.78 is 13.3. The van der Waals surface area contributed by atoms with Crippen molar-refractivity contribution < 1.29 is 9.18 Å². The molecule has 25 heavy (non-hydrogen) atoms. The third-order valence-electron chi connectivity index (χ3n) is 3.62. The Balaban J connectivity index is 1.95. The minimum absolute atomic E-state index is 0.0360. The summed E-state index contributed by atoms with van der Waals surface area (Å²) in [7, 11) is 0. The number of carbonyl (C=O) groups excluding carboxylic acids is 1. The number of amides is 1. The Hall–Kier alpha value is -2.91. The van der Waals surface area contributed by atoms with Crippen molar-refractivity contribution in [2.45, 2.75) is 0 Å². The summed E-state index contributed by atoms with van der Waals surface area (Å²) in [6.07, 6.45) is 1.82. The fourth-order valence-corrected chi connectivity index (χ4v) is 2.57. The molecule has 0 aliphatic rings. The molecule has 1 amide bonds. The molecule has 0 fully saturated rings. The Morgan fingerprint density at radius 1 is 0.920 bits per heavy atom. The van der Waals surface area contributed by atoms with Crippen molar-refractivity contribution in [3.63, 3.8) is 0 Å². The largest absolute Gasteiger partial charge is 0.322 e. The van der Waals surface area contributed by atoms with E-state index in [1.165, 1.54) is 18.2 Å². The van der Waals surface area contributed by atoms with Gasteiger partial charge in [-0.2, -0.15) is 0 Å².